The van der Waals surface area contributed by atoms with Crippen molar-refractivity contribution in [1.82, 2.24) is 10.2 Å². The Morgan fingerprint density at radius 1 is 1.33 bits per heavy atom. The average molecular weight is 325 g/mol. The van der Waals surface area contributed by atoms with Crippen molar-refractivity contribution in [3.63, 3.8) is 0 Å². The van der Waals surface area contributed by atoms with E-state index in [2.05, 4.69) is 23.2 Å². The van der Waals surface area contributed by atoms with Crippen molar-refractivity contribution in [2.75, 3.05) is 11.4 Å². The quantitative estimate of drug-likeness (QED) is 0.875. The lowest BCUT2D eigenvalue weighted by Crippen LogP contribution is -2.37. The molecule has 2 aliphatic rings. The molecule has 2 aromatic rings. The van der Waals surface area contributed by atoms with Crippen LogP contribution in [0.2, 0.25) is 0 Å². The van der Waals surface area contributed by atoms with Gasteiger partial charge in [-0.05, 0) is 50.8 Å². The lowest BCUT2D eigenvalue weighted by Gasteiger charge is -2.31. The fraction of sp³-hybridized carbons (Fsp3) is 0.474. The van der Waals surface area contributed by atoms with Crippen molar-refractivity contribution in [2.45, 2.75) is 52.2 Å². The molecular weight excluding hydrogens is 302 g/mol. The van der Waals surface area contributed by atoms with E-state index in [0.29, 0.717) is 5.69 Å². The van der Waals surface area contributed by atoms with Crippen LogP contribution in [0.1, 0.15) is 59.2 Å². The minimum absolute atomic E-state index is 0.000324. The molecule has 0 spiro atoms. The molecular formula is C19H23N3O2. The number of hydrogen-bond donors (Lipinski definition) is 1. The Morgan fingerprint density at radius 2 is 2.17 bits per heavy atom. The first-order valence-corrected chi connectivity index (χ1v) is 8.69. The van der Waals surface area contributed by atoms with Crippen LogP contribution in [-0.4, -0.2) is 28.8 Å². The normalized spacial score (nSPS) is 22.9. The molecule has 0 saturated heterocycles. The minimum Gasteiger partial charge on any atom is -0.369 e. The SMILES string of the molecule is Cc1cccc2c1CCCN2C(=O)c1n[nH]c2c1C[C@@H](C)O[C@H]2C. The summed E-state index contributed by atoms with van der Waals surface area (Å²) in [7, 11) is 0. The monoisotopic (exact) mass is 325 g/mol. The van der Waals surface area contributed by atoms with Gasteiger partial charge in [-0.3, -0.25) is 9.89 Å². The Labute approximate surface area is 142 Å². The number of fused-ring (bicyclic) bond motifs is 2. The molecule has 0 bridgehead atoms. The van der Waals surface area contributed by atoms with Gasteiger partial charge in [-0.1, -0.05) is 12.1 Å². The summed E-state index contributed by atoms with van der Waals surface area (Å²) in [5, 5.41) is 7.39. The van der Waals surface area contributed by atoms with Crippen molar-refractivity contribution in [2.24, 2.45) is 0 Å². The van der Waals surface area contributed by atoms with E-state index in [1.807, 2.05) is 30.9 Å². The lowest BCUT2D eigenvalue weighted by molar-refractivity contribution is -0.00696. The maximum absolute atomic E-state index is 13.2. The Morgan fingerprint density at radius 3 is 3.00 bits per heavy atom. The largest absolute Gasteiger partial charge is 0.369 e. The second-order valence-corrected chi connectivity index (χ2v) is 6.89. The molecule has 5 heteroatoms. The molecule has 2 aliphatic heterocycles. The number of amides is 1. The summed E-state index contributed by atoms with van der Waals surface area (Å²) in [6.45, 7) is 6.91. The third-order valence-electron chi connectivity index (χ3n) is 5.17. The average Bonchev–Trinajstić information content (AvgIpc) is 2.98. The van der Waals surface area contributed by atoms with Crippen molar-refractivity contribution in [3.8, 4) is 0 Å². The van der Waals surface area contributed by atoms with E-state index < -0.39 is 0 Å². The number of anilines is 1. The van der Waals surface area contributed by atoms with Crippen molar-refractivity contribution in [3.05, 3.63) is 46.3 Å². The zero-order chi connectivity index (χ0) is 16.8. The van der Waals surface area contributed by atoms with E-state index in [1.54, 1.807) is 0 Å². The minimum atomic E-state index is -0.0475. The third-order valence-corrected chi connectivity index (χ3v) is 5.17. The summed E-state index contributed by atoms with van der Waals surface area (Å²) < 4.78 is 5.83. The second-order valence-electron chi connectivity index (χ2n) is 6.89. The Bertz CT molecular complexity index is 796. The summed E-state index contributed by atoms with van der Waals surface area (Å²) in [5.74, 6) is 0.000324. The Hall–Kier alpha value is -2.14. The van der Waals surface area contributed by atoms with Gasteiger partial charge in [0.2, 0.25) is 0 Å². The first-order valence-electron chi connectivity index (χ1n) is 8.69. The lowest BCUT2D eigenvalue weighted by atomic mass is 9.95. The van der Waals surface area contributed by atoms with Gasteiger partial charge in [-0.25, -0.2) is 0 Å². The van der Waals surface area contributed by atoms with E-state index >= 15 is 0 Å². The highest BCUT2D eigenvalue weighted by molar-refractivity contribution is 6.06. The number of hydrogen-bond acceptors (Lipinski definition) is 3. The first kappa shape index (κ1) is 15.4. The number of H-pyrrole nitrogens is 1. The fourth-order valence-electron chi connectivity index (χ4n) is 3.99. The summed E-state index contributed by atoms with van der Waals surface area (Å²) in [6, 6.07) is 6.19. The number of benzene rings is 1. The number of aromatic amines is 1. The smallest absolute Gasteiger partial charge is 0.279 e. The predicted molar refractivity (Wildman–Crippen MR) is 92.4 cm³/mol. The van der Waals surface area contributed by atoms with Crippen LogP contribution in [0.15, 0.2) is 18.2 Å². The van der Waals surface area contributed by atoms with Gasteiger partial charge in [0.05, 0.1) is 17.9 Å². The molecule has 0 aliphatic carbocycles. The van der Waals surface area contributed by atoms with E-state index in [-0.39, 0.29) is 18.1 Å². The van der Waals surface area contributed by atoms with Crippen molar-refractivity contribution in [1.29, 1.82) is 0 Å². The van der Waals surface area contributed by atoms with Crippen LogP contribution >= 0.6 is 0 Å². The Kier molecular flexibility index (Phi) is 3.68. The molecule has 1 N–H and O–H groups in total. The van der Waals surface area contributed by atoms with Gasteiger partial charge in [0.1, 0.15) is 0 Å². The maximum atomic E-state index is 13.2. The molecule has 0 unspecified atom stereocenters. The first-order chi connectivity index (χ1) is 11.6. The van der Waals surface area contributed by atoms with Gasteiger partial charge >= 0.3 is 0 Å². The van der Waals surface area contributed by atoms with Gasteiger partial charge < -0.3 is 9.64 Å². The van der Waals surface area contributed by atoms with Crippen molar-refractivity contribution < 1.29 is 9.53 Å². The number of nitrogens with zero attached hydrogens (tertiary/aromatic N) is 2. The van der Waals surface area contributed by atoms with E-state index in [4.69, 9.17) is 4.74 Å². The summed E-state index contributed by atoms with van der Waals surface area (Å²) in [4.78, 5) is 15.1. The standard InChI is InChI=1S/C19H23N3O2/c1-11-6-4-8-16-14(11)7-5-9-22(16)19(23)18-15-10-12(2)24-13(3)17(15)20-21-18/h4,6,8,12-13H,5,7,9-10H2,1-3H3,(H,20,21)/t12-,13+/m1/s1. The van der Waals surface area contributed by atoms with Crippen LogP contribution in [0.3, 0.4) is 0 Å². The van der Waals surface area contributed by atoms with Gasteiger partial charge in [0.25, 0.3) is 5.91 Å². The summed E-state index contributed by atoms with van der Waals surface area (Å²) in [6.07, 6.45) is 2.81. The van der Waals surface area contributed by atoms with Crippen LogP contribution in [0.5, 0.6) is 0 Å². The van der Waals surface area contributed by atoms with Crippen LogP contribution in [0.25, 0.3) is 0 Å². The van der Waals surface area contributed by atoms with Crippen LogP contribution in [0.4, 0.5) is 5.69 Å². The topological polar surface area (TPSA) is 58.2 Å². The number of carbonyl (C=O) groups is 1. The zero-order valence-corrected chi connectivity index (χ0v) is 14.4. The number of rotatable bonds is 1. The predicted octanol–water partition coefficient (Wildman–Crippen LogP) is 3.33. The van der Waals surface area contributed by atoms with Crippen LogP contribution < -0.4 is 4.90 Å². The zero-order valence-electron chi connectivity index (χ0n) is 14.4. The highest BCUT2D eigenvalue weighted by Gasteiger charge is 2.33. The molecule has 3 heterocycles. The molecule has 4 rings (SSSR count). The van der Waals surface area contributed by atoms with E-state index in [9.17, 15) is 4.79 Å². The van der Waals surface area contributed by atoms with E-state index in [1.165, 1.54) is 11.1 Å². The number of carbonyl (C=O) groups excluding carboxylic acids is 1. The molecule has 2 atom stereocenters. The number of ether oxygens (including phenoxy) is 1. The molecule has 1 aromatic heterocycles. The van der Waals surface area contributed by atoms with E-state index in [0.717, 1.165) is 42.8 Å². The molecule has 0 fully saturated rings. The Balaban J connectivity index is 1.73. The molecule has 1 aromatic carbocycles. The van der Waals surface area contributed by atoms with Gasteiger partial charge in [-0.2, -0.15) is 5.10 Å². The van der Waals surface area contributed by atoms with Crippen LogP contribution in [0, 0.1) is 6.92 Å². The van der Waals surface area contributed by atoms with Gasteiger partial charge in [0.15, 0.2) is 5.69 Å². The summed E-state index contributed by atoms with van der Waals surface area (Å²) in [5.41, 5.74) is 6.10. The second kappa shape index (κ2) is 5.74. The number of aromatic nitrogens is 2. The highest BCUT2D eigenvalue weighted by atomic mass is 16.5. The number of nitrogens with one attached hydrogen (secondary N) is 1. The van der Waals surface area contributed by atoms with Gasteiger partial charge in [0, 0.05) is 24.2 Å². The summed E-state index contributed by atoms with van der Waals surface area (Å²) >= 11 is 0. The molecule has 24 heavy (non-hydrogen) atoms. The molecule has 0 radical (unpaired) electrons. The van der Waals surface area contributed by atoms with Crippen LogP contribution in [-0.2, 0) is 17.6 Å². The number of aryl methyl sites for hydroxylation is 1. The third kappa shape index (κ3) is 2.35. The molecule has 1 amide bonds. The molecule has 0 saturated carbocycles. The van der Waals surface area contributed by atoms with Crippen molar-refractivity contribution >= 4 is 11.6 Å². The van der Waals surface area contributed by atoms with Gasteiger partial charge in [-0.15, -0.1) is 0 Å². The maximum Gasteiger partial charge on any atom is 0.279 e. The fourth-order valence-corrected chi connectivity index (χ4v) is 3.99. The molecule has 5 nitrogen and oxygen atoms in total. The highest BCUT2D eigenvalue weighted by Crippen LogP contribution is 2.34. The molecule has 126 valence electrons.